The Morgan fingerprint density at radius 3 is 2.50 bits per heavy atom. The van der Waals surface area contributed by atoms with Crippen LogP contribution in [0.2, 0.25) is 0 Å². The molecule has 3 N–H and O–H groups in total. The first-order valence-corrected chi connectivity index (χ1v) is 4.93. The SMILES string of the molecule is CC(NC(=O)CN)C(=O)N1CCCC1. The van der Waals surface area contributed by atoms with E-state index in [9.17, 15) is 9.59 Å². The smallest absolute Gasteiger partial charge is 0.244 e. The lowest BCUT2D eigenvalue weighted by molar-refractivity contribution is -0.134. The fourth-order valence-corrected chi connectivity index (χ4v) is 1.57. The third-order valence-corrected chi connectivity index (χ3v) is 2.35. The second-order valence-electron chi connectivity index (χ2n) is 3.53. The largest absolute Gasteiger partial charge is 0.343 e. The molecular weight excluding hydrogens is 182 g/mol. The van der Waals surface area contributed by atoms with E-state index < -0.39 is 6.04 Å². The molecule has 1 fully saturated rings. The standard InChI is InChI=1S/C9H17N3O2/c1-7(11-8(13)6-10)9(14)12-4-2-3-5-12/h7H,2-6,10H2,1H3,(H,11,13). The minimum absolute atomic E-state index is 0.00991. The Bertz CT molecular complexity index is 224. The Morgan fingerprint density at radius 1 is 1.43 bits per heavy atom. The van der Waals surface area contributed by atoms with Crippen LogP contribution in [0.25, 0.3) is 0 Å². The first-order valence-electron chi connectivity index (χ1n) is 4.93. The summed E-state index contributed by atoms with van der Waals surface area (Å²) in [7, 11) is 0. The highest BCUT2D eigenvalue weighted by Gasteiger charge is 2.23. The van der Waals surface area contributed by atoms with Crippen LogP contribution in [-0.2, 0) is 9.59 Å². The number of hydrogen-bond acceptors (Lipinski definition) is 3. The van der Waals surface area contributed by atoms with Gasteiger partial charge in [0.25, 0.3) is 0 Å². The average Bonchev–Trinajstić information content (AvgIpc) is 2.69. The van der Waals surface area contributed by atoms with Gasteiger partial charge in [0, 0.05) is 13.1 Å². The third kappa shape index (κ3) is 2.70. The number of amides is 2. The molecule has 1 unspecified atom stereocenters. The lowest BCUT2D eigenvalue weighted by atomic mass is 10.3. The molecule has 0 radical (unpaired) electrons. The molecule has 0 aromatic rings. The summed E-state index contributed by atoms with van der Waals surface area (Å²) >= 11 is 0. The van der Waals surface area contributed by atoms with Gasteiger partial charge >= 0.3 is 0 Å². The minimum atomic E-state index is -0.454. The van der Waals surface area contributed by atoms with Gasteiger partial charge in [-0.05, 0) is 19.8 Å². The van der Waals surface area contributed by atoms with E-state index in [1.165, 1.54) is 0 Å². The summed E-state index contributed by atoms with van der Waals surface area (Å²) in [5.41, 5.74) is 5.14. The number of hydrogen-bond donors (Lipinski definition) is 2. The van der Waals surface area contributed by atoms with Crippen molar-refractivity contribution in [2.45, 2.75) is 25.8 Å². The first-order chi connectivity index (χ1) is 6.65. The summed E-state index contributed by atoms with van der Waals surface area (Å²) in [6.45, 7) is 3.23. The summed E-state index contributed by atoms with van der Waals surface area (Å²) in [6, 6.07) is -0.454. The molecule has 0 saturated carbocycles. The van der Waals surface area contributed by atoms with Crippen molar-refractivity contribution < 1.29 is 9.59 Å². The summed E-state index contributed by atoms with van der Waals surface area (Å²) in [4.78, 5) is 24.4. The maximum absolute atomic E-state index is 11.7. The molecule has 0 bridgehead atoms. The molecule has 5 nitrogen and oxygen atoms in total. The highest BCUT2D eigenvalue weighted by molar-refractivity contribution is 5.88. The number of carbonyl (C=O) groups excluding carboxylic acids is 2. The number of nitrogens with zero attached hydrogens (tertiary/aromatic N) is 1. The van der Waals surface area contributed by atoms with Crippen molar-refractivity contribution in [1.29, 1.82) is 0 Å². The molecule has 2 amide bonds. The highest BCUT2D eigenvalue weighted by atomic mass is 16.2. The van der Waals surface area contributed by atoms with Crippen LogP contribution in [0.5, 0.6) is 0 Å². The molecule has 14 heavy (non-hydrogen) atoms. The zero-order valence-corrected chi connectivity index (χ0v) is 8.45. The van der Waals surface area contributed by atoms with Crippen LogP contribution < -0.4 is 11.1 Å². The molecule has 0 aromatic heterocycles. The Morgan fingerprint density at radius 2 is 2.00 bits per heavy atom. The topological polar surface area (TPSA) is 75.4 Å². The van der Waals surface area contributed by atoms with Gasteiger partial charge in [-0.25, -0.2) is 0 Å². The maximum Gasteiger partial charge on any atom is 0.244 e. The molecular formula is C9H17N3O2. The van der Waals surface area contributed by atoms with Gasteiger partial charge in [-0.1, -0.05) is 0 Å². The molecule has 1 rings (SSSR count). The van der Waals surface area contributed by atoms with Crippen molar-refractivity contribution in [3.63, 3.8) is 0 Å². The van der Waals surface area contributed by atoms with Gasteiger partial charge in [-0.2, -0.15) is 0 Å². The van der Waals surface area contributed by atoms with Crippen LogP contribution in [0.1, 0.15) is 19.8 Å². The summed E-state index contributed by atoms with van der Waals surface area (Å²) in [5.74, 6) is -0.297. The van der Waals surface area contributed by atoms with Crippen LogP contribution in [-0.4, -0.2) is 42.4 Å². The number of nitrogens with two attached hydrogens (primary N) is 1. The fraction of sp³-hybridized carbons (Fsp3) is 0.778. The highest BCUT2D eigenvalue weighted by Crippen LogP contribution is 2.08. The van der Waals surface area contributed by atoms with E-state index in [1.54, 1.807) is 11.8 Å². The van der Waals surface area contributed by atoms with Gasteiger partial charge in [0.1, 0.15) is 6.04 Å². The second kappa shape index (κ2) is 4.95. The molecule has 1 saturated heterocycles. The summed E-state index contributed by atoms with van der Waals surface area (Å²) < 4.78 is 0. The van der Waals surface area contributed by atoms with Gasteiger partial charge in [0.2, 0.25) is 11.8 Å². The maximum atomic E-state index is 11.7. The molecule has 0 aliphatic carbocycles. The van der Waals surface area contributed by atoms with Gasteiger partial charge in [0.15, 0.2) is 0 Å². The van der Waals surface area contributed by atoms with E-state index in [1.807, 2.05) is 0 Å². The predicted octanol–water partition coefficient (Wildman–Crippen LogP) is -0.928. The van der Waals surface area contributed by atoms with E-state index in [0.717, 1.165) is 25.9 Å². The van der Waals surface area contributed by atoms with E-state index in [0.29, 0.717) is 0 Å². The van der Waals surface area contributed by atoms with Crippen molar-refractivity contribution in [2.75, 3.05) is 19.6 Å². The number of likely N-dealkylation sites (tertiary alicyclic amines) is 1. The van der Waals surface area contributed by atoms with E-state index in [-0.39, 0.29) is 18.4 Å². The quantitative estimate of drug-likeness (QED) is 0.616. The van der Waals surface area contributed by atoms with Crippen molar-refractivity contribution in [1.82, 2.24) is 10.2 Å². The molecule has 0 aromatic carbocycles. The van der Waals surface area contributed by atoms with Crippen molar-refractivity contribution in [2.24, 2.45) is 5.73 Å². The molecule has 80 valence electrons. The number of carbonyl (C=O) groups is 2. The zero-order chi connectivity index (χ0) is 10.6. The second-order valence-corrected chi connectivity index (χ2v) is 3.53. The van der Waals surface area contributed by atoms with E-state index in [2.05, 4.69) is 5.32 Å². The Labute approximate surface area is 83.6 Å². The number of rotatable bonds is 3. The monoisotopic (exact) mass is 199 g/mol. The van der Waals surface area contributed by atoms with Crippen LogP contribution in [0, 0.1) is 0 Å². The summed E-state index contributed by atoms with van der Waals surface area (Å²) in [5, 5.41) is 2.55. The van der Waals surface area contributed by atoms with Crippen LogP contribution in [0.4, 0.5) is 0 Å². The van der Waals surface area contributed by atoms with E-state index in [4.69, 9.17) is 5.73 Å². The molecule has 1 aliphatic rings. The van der Waals surface area contributed by atoms with E-state index >= 15 is 0 Å². The molecule has 1 heterocycles. The Kier molecular flexibility index (Phi) is 3.88. The van der Waals surface area contributed by atoms with Gasteiger partial charge in [-0.3, -0.25) is 9.59 Å². The predicted molar refractivity (Wildman–Crippen MR) is 52.5 cm³/mol. The lowest BCUT2D eigenvalue weighted by Crippen LogP contribution is -2.47. The van der Waals surface area contributed by atoms with Crippen molar-refractivity contribution in [3.05, 3.63) is 0 Å². The Hall–Kier alpha value is -1.10. The first kappa shape index (κ1) is 11.0. The lowest BCUT2D eigenvalue weighted by Gasteiger charge is -2.20. The van der Waals surface area contributed by atoms with Gasteiger partial charge in [0.05, 0.1) is 6.54 Å². The Balaban J connectivity index is 2.39. The number of nitrogens with one attached hydrogen (secondary N) is 1. The van der Waals surface area contributed by atoms with Crippen LogP contribution in [0.3, 0.4) is 0 Å². The van der Waals surface area contributed by atoms with Crippen LogP contribution >= 0.6 is 0 Å². The fourth-order valence-electron chi connectivity index (χ4n) is 1.57. The third-order valence-electron chi connectivity index (χ3n) is 2.35. The van der Waals surface area contributed by atoms with Gasteiger partial charge in [-0.15, -0.1) is 0 Å². The zero-order valence-electron chi connectivity index (χ0n) is 8.45. The minimum Gasteiger partial charge on any atom is -0.343 e. The van der Waals surface area contributed by atoms with Gasteiger partial charge < -0.3 is 16.0 Å². The van der Waals surface area contributed by atoms with Crippen molar-refractivity contribution in [3.8, 4) is 0 Å². The average molecular weight is 199 g/mol. The van der Waals surface area contributed by atoms with Crippen molar-refractivity contribution >= 4 is 11.8 Å². The van der Waals surface area contributed by atoms with Crippen LogP contribution in [0.15, 0.2) is 0 Å². The molecule has 5 heteroatoms. The normalized spacial score (nSPS) is 18.0. The molecule has 1 aliphatic heterocycles. The summed E-state index contributed by atoms with van der Waals surface area (Å²) in [6.07, 6.45) is 2.12. The molecule has 1 atom stereocenters. The molecule has 0 spiro atoms.